The first-order valence-electron chi connectivity index (χ1n) is 8.44. The average molecular weight is 365 g/mol. The van der Waals surface area contributed by atoms with E-state index >= 15 is 0 Å². The fourth-order valence-corrected chi connectivity index (χ4v) is 3.46. The lowest BCUT2D eigenvalue weighted by Crippen LogP contribution is -2.15. The number of carbonyl (C=O) groups excluding carboxylic acids is 1. The third kappa shape index (κ3) is 5.46. The Bertz CT molecular complexity index is 867. The number of hydrogen-bond acceptors (Lipinski definition) is 2. The number of thioether (sulfide) groups is 1. The van der Waals surface area contributed by atoms with Crippen molar-refractivity contribution in [2.45, 2.75) is 12.2 Å². The van der Waals surface area contributed by atoms with Gasteiger partial charge in [0, 0.05) is 11.4 Å². The number of halogens is 1. The van der Waals surface area contributed by atoms with Gasteiger partial charge in [0.15, 0.2) is 0 Å². The molecule has 0 unspecified atom stereocenters. The first-order valence-corrected chi connectivity index (χ1v) is 9.60. The molecule has 0 radical (unpaired) electrons. The molecule has 4 heteroatoms. The minimum atomic E-state index is -0.248. The molecule has 1 N–H and O–H groups in total. The minimum absolute atomic E-state index is 0.0492. The highest BCUT2D eigenvalue weighted by atomic mass is 32.2. The standard InChI is InChI=1S/C22H20FNOS/c23-20-11-6-9-18(14-20)15-26-16-22(25)24-21-12-5-4-10-19(21)13-17-7-2-1-3-8-17/h1-12,14H,13,15-16H2,(H,24,25). The zero-order valence-corrected chi connectivity index (χ0v) is 15.1. The highest BCUT2D eigenvalue weighted by Gasteiger charge is 2.08. The van der Waals surface area contributed by atoms with Gasteiger partial charge in [-0.1, -0.05) is 60.7 Å². The number of carbonyl (C=O) groups is 1. The Morgan fingerprint density at radius 1 is 0.885 bits per heavy atom. The van der Waals surface area contributed by atoms with Gasteiger partial charge in [0.05, 0.1) is 5.75 Å². The van der Waals surface area contributed by atoms with Crippen LogP contribution in [-0.4, -0.2) is 11.7 Å². The predicted molar refractivity (Wildman–Crippen MR) is 107 cm³/mol. The smallest absolute Gasteiger partial charge is 0.234 e. The maximum Gasteiger partial charge on any atom is 0.234 e. The van der Waals surface area contributed by atoms with E-state index < -0.39 is 0 Å². The van der Waals surface area contributed by atoms with Crippen LogP contribution in [0.25, 0.3) is 0 Å². The van der Waals surface area contributed by atoms with Crippen molar-refractivity contribution in [2.75, 3.05) is 11.1 Å². The minimum Gasteiger partial charge on any atom is -0.325 e. The van der Waals surface area contributed by atoms with Crippen LogP contribution in [0.2, 0.25) is 0 Å². The summed E-state index contributed by atoms with van der Waals surface area (Å²) in [6.07, 6.45) is 0.772. The maximum atomic E-state index is 13.2. The second-order valence-corrected chi connectivity index (χ2v) is 6.98. The third-order valence-corrected chi connectivity index (χ3v) is 4.92. The quantitative estimate of drug-likeness (QED) is 0.616. The summed E-state index contributed by atoms with van der Waals surface area (Å²) in [4.78, 5) is 12.3. The fourth-order valence-electron chi connectivity index (χ4n) is 2.69. The van der Waals surface area contributed by atoms with Crippen LogP contribution in [0.1, 0.15) is 16.7 Å². The molecule has 3 aromatic carbocycles. The molecule has 0 heterocycles. The number of hydrogen-bond donors (Lipinski definition) is 1. The van der Waals surface area contributed by atoms with Gasteiger partial charge in [-0.05, 0) is 41.3 Å². The van der Waals surface area contributed by atoms with Crippen molar-refractivity contribution in [1.82, 2.24) is 0 Å². The number of rotatable bonds is 7. The number of anilines is 1. The van der Waals surface area contributed by atoms with Gasteiger partial charge < -0.3 is 5.32 Å². The van der Waals surface area contributed by atoms with Crippen LogP contribution in [0, 0.1) is 5.82 Å². The van der Waals surface area contributed by atoms with Gasteiger partial charge in [-0.2, -0.15) is 0 Å². The number of nitrogens with one attached hydrogen (secondary N) is 1. The topological polar surface area (TPSA) is 29.1 Å². The summed E-state index contributed by atoms with van der Waals surface area (Å²) in [6.45, 7) is 0. The van der Waals surface area contributed by atoms with E-state index in [-0.39, 0.29) is 11.7 Å². The zero-order valence-electron chi connectivity index (χ0n) is 14.3. The molecule has 26 heavy (non-hydrogen) atoms. The Morgan fingerprint density at radius 2 is 1.62 bits per heavy atom. The number of amides is 1. The fraction of sp³-hybridized carbons (Fsp3) is 0.136. The first kappa shape index (κ1) is 18.2. The summed E-state index contributed by atoms with van der Waals surface area (Å²) in [5, 5.41) is 2.99. The Hall–Kier alpha value is -2.59. The van der Waals surface area contributed by atoms with Crippen molar-refractivity contribution in [3.63, 3.8) is 0 Å². The van der Waals surface area contributed by atoms with E-state index in [4.69, 9.17) is 0 Å². The van der Waals surface area contributed by atoms with Gasteiger partial charge in [0.2, 0.25) is 5.91 Å². The molecule has 132 valence electrons. The number of para-hydroxylation sites is 1. The Morgan fingerprint density at radius 3 is 2.42 bits per heavy atom. The van der Waals surface area contributed by atoms with E-state index in [1.165, 1.54) is 29.5 Å². The van der Waals surface area contributed by atoms with Crippen LogP contribution in [0.15, 0.2) is 78.9 Å². The van der Waals surface area contributed by atoms with E-state index in [2.05, 4.69) is 17.4 Å². The van der Waals surface area contributed by atoms with Gasteiger partial charge >= 0.3 is 0 Å². The van der Waals surface area contributed by atoms with Crippen LogP contribution in [0.5, 0.6) is 0 Å². The molecule has 0 aromatic heterocycles. The lowest BCUT2D eigenvalue weighted by Gasteiger charge is -2.11. The van der Waals surface area contributed by atoms with E-state index in [0.717, 1.165) is 23.2 Å². The molecule has 1 amide bonds. The van der Waals surface area contributed by atoms with E-state index in [1.807, 2.05) is 48.5 Å². The highest BCUT2D eigenvalue weighted by Crippen LogP contribution is 2.20. The maximum absolute atomic E-state index is 13.2. The van der Waals surface area contributed by atoms with Gasteiger partial charge in [-0.25, -0.2) is 4.39 Å². The monoisotopic (exact) mass is 365 g/mol. The number of benzene rings is 3. The highest BCUT2D eigenvalue weighted by molar-refractivity contribution is 7.99. The van der Waals surface area contributed by atoms with E-state index in [1.54, 1.807) is 6.07 Å². The third-order valence-electron chi connectivity index (χ3n) is 3.92. The SMILES string of the molecule is O=C(CSCc1cccc(F)c1)Nc1ccccc1Cc1ccccc1. The van der Waals surface area contributed by atoms with Crippen LogP contribution < -0.4 is 5.32 Å². The van der Waals surface area contributed by atoms with Crippen LogP contribution >= 0.6 is 11.8 Å². The van der Waals surface area contributed by atoms with Crippen molar-refractivity contribution in [3.05, 3.63) is 101 Å². The van der Waals surface area contributed by atoms with Gasteiger partial charge in [0.25, 0.3) is 0 Å². The molecule has 3 aromatic rings. The molecule has 0 aliphatic heterocycles. The van der Waals surface area contributed by atoms with Crippen LogP contribution in [-0.2, 0) is 17.0 Å². The molecule has 0 aliphatic carbocycles. The molecular formula is C22H20FNOS. The van der Waals surface area contributed by atoms with Crippen molar-refractivity contribution < 1.29 is 9.18 Å². The Labute approximate surface area is 157 Å². The second-order valence-electron chi connectivity index (χ2n) is 5.99. The predicted octanol–water partition coefficient (Wildman–Crippen LogP) is 5.29. The molecule has 0 bridgehead atoms. The van der Waals surface area contributed by atoms with Crippen LogP contribution in [0.4, 0.5) is 10.1 Å². The lowest BCUT2D eigenvalue weighted by atomic mass is 10.0. The van der Waals surface area contributed by atoms with E-state index in [0.29, 0.717) is 11.5 Å². The second kappa shape index (κ2) is 9.20. The molecule has 0 aliphatic rings. The van der Waals surface area contributed by atoms with Gasteiger partial charge in [-0.15, -0.1) is 11.8 Å². The molecule has 0 saturated carbocycles. The molecule has 0 atom stereocenters. The molecule has 0 fully saturated rings. The molecule has 2 nitrogen and oxygen atoms in total. The summed E-state index contributed by atoms with van der Waals surface area (Å²) >= 11 is 1.47. The summed E-state index contributed by atoms with van der Waals surface area (Å²) in [6, 6.07) is 24.5. The Kier molecular flexibility index (Phi) is 6.45. The summed E-state index contributed by atoms with van der Waals surface area (Å²) in [7, 11) is 0. The lowest BCUT2D eigenvalue weighted by molar-refractivity contribution is -0.113. The molecule has 3 rings (SSSR count). The Balaban J connectivity index is 1.56. The average Bonchev–Trinajstić information content (AvgIpc) is 2.64. The van der Waals surface area contributed by atoms with E-state index in [9.17, 15) is 9.18 Å². The van der Waals surface area contributed by atoms with Gasteiger partial charge in [-0.3, -0.25) is 4.79 Å². The van der Waals surface area contributed by atoms with Gasteiger partial charge in [0.1, 0.15) is 5.82 Å². The van der Waals surface area contributed by atoms with Crippen molar-refractivity contribution in [1.29, 1.82) is 0 Å². The normalized spacial score (nSPS) is 10.5. The summed E-state index contributed by atoms with van der Waals surface area (Å²) in [5.41, 5.74) is 4.01. The molecule has 0 saturated heterocycles. The zero-order chi connectivity index (χ0) is 18.2. The first-order chi connectivity index (χ1) is 12.7. The molecular weight excluding hydrogens is 345 g/mol. The van der Waals surface area contributed by atoms with Crippen molar-refractivity contribution in [3.8, 4) is 0 Å². The van der Waals surface area contributed by atoms with Crippen molar-refractivity contribution >= 4 is 23.4 Å². The largest absolute Gasteiger partial charge is 0.325 e. The van der Waals surface area contributed by atoms with Crippen molar-refractivity contribution in [2.24, 2.45) is 0 Å². The molecule has 0 spiro atoms. The summed E-state index contributed by atoms with van der Waals surface area (Å²) < 4.78 is 13.2. The van der Waals surface area contributed by atoms with Crippen LogP contribution in [0.3, 0.4) is 0 Å². The summed E-state index contributed by atoms with van der Waals surface area (Å²) in [5.74, 6) is 0.641.